The van der Waals surface area contributed by atoms with E-state index in [0.29, 0.717) is 22.9 Å². The lowest BCUT2D eigenvalue weighted by atomic mass is 9.93. The third-order valence-electron chi connectivity index (χ3n) is 3.83. The second-order valence-electron chi connectivity index (χ2n) is 6.43. The monoisotopic (exact) mass is 362 g/mol. The van der Waals surface area contributed by atoms with Crippen molar-refractivity contribution in [3.05, 3.63) is 59.1 Å². The van der Waals surface area contributed by atoms with Crippen molar-refractivity contribution in [2.24, 2.45) is 5.92 Å². The fourth-order valence-electron chi connectivity index (χ4n) is 2.18. The number of carbonyl (C=O) groups is 1. The highest BCUT2D eigenvalue weighted by molar-refractivity contribution is 6.30. The van der Waals surface area contributed by atoms with Crippen LogP contribution in [0.2, 0.25) is 5.02 Å². The van der Waals surface area contributed by atoms with E-state index in [9.17, 15) is 9.90 Å². The van der Waals surface area contributed by atoms with E-state index in [0.717, 1.165) is 5.56 Å². The van der Waals surface area contributed by atoms with Crippen LogP contribution in [0.3, 0.4) is 0 Å². The molecule has 0 bridgehead atoms. The van der Waals surface area contributed by atoms with Crippen LogP contribution in [-0.2, 0) is 15.1 Å². The topological polar surface area (TPSA) is 55.8 Å². The van der Waals surface area contributed by atoms with Crippen molar-refractivity contribution in [1.29, 1.82) is 0 Å². The molecule has 0 radical (unpaired) electrons. The van der Waals surface area contributed by atoms with Gasteiger partial charge in [0.05, 0.1) is 18.1 Å². The van der Waals surface area contributed by atoms with Gasteiger partial charge in [0.2, 0.25) is 0 Å². The maximum atomic E-state index is 11.5. The first kappa shape index (κ1) is 19.3. The third kappa shape index (κ3) is 5.76. The molecule has 0 aliphatic rings. The molecule has 0 heterocycles. The van der Waals surface area contributed by atoms with Crippen LogP contribution in [0.15, 0.2) is 48.5 Å². The highest BCUT2D eigenvalue weighted by Crippen LogP contribution is 2.28. The Morgan fingerprint density at radius 3 is 2.12 bits per heavy atom. The highest BCUT2D eigenvalue weighted by atomic mass is 35.5. The molecular formula is C20H23ClO4. The first-order valence-electron chi connectivity index (χ1n) is 8.21. The lowest BCUT2D eigenvalue weighted by Crippen LogP contribution is -2.24. The predicted octanol–water partition coefficient (Wildman–Crippen LogP) is 4.93. The summed E-state index contributed by atoms with van der Waals surface area (Å²) in [6.07, 6.45) is 0.322. The Balaban J connectivity index is 1.95. The maximum Gasteiger partial charge on any atom is 0.308 e. The van der Waals surface area contributed by atoms with E-state index >= 15 is 0 Å². The van der Waals surface area contributed by atoms with Gasteiger partial charge in [0.15, 0.2) is 0 Å². The maximum absolute atomic E-state index is 11.5. The average Bonchev–Trinajstić information content (AvgIpc) is 2.57. The molecule has 0 saturated carbocycles. The molecule has 0 fully saturated rings. The average molecular weight is 363 g/mol. The lowest BCUT2D eigenvalue weighted by molar-refractivity contribution is -0.148. The molecule has 4 nitrogen and oxygen atoms in total. The van der Waals surface area contributed by atoms with Crippen LogP contribution in [0.5, 0.6) is 11.5 Å². The summed E-state index contributed by atoms with van der Waals surface area (Å²) < 4.78 is 10.9. The van der Waals surface area contributed by atoms with Crippen LogP contribution in [-0.4, -0.2) is 17.7 Å². The Hall–Kier alpha value is -2.04. The number of benzene rings is 2. The molecule has 2 aromatic carbocycles. The van der Waals surface area contributed by atoms with Gasteiger partial charge in [-0.1, -0.05) is 37.6 Å². The van der Waals surface area contributed by atoms with Gasteiger partial charge in [0.1, 0.15) is 11.5 Å². The first-order valence-corrected chi connectivity index (χ1v) is 8.59. The van der Waals surface area contributed by atoms with Crippen LogP contribution < -0.4 is 4.74 Å². The summed E-state index contributed by atoms with van der Waals surface area (Å²) in [4.78, 5) is 11.5. The zero-order valence-electron chi connectivity index (χ0n) is 14.7. The molecule has 0 aliphatic carbocycles. The molecule has 1 atom stereocenters. The molecular weight excluding hydrogens is 340 g/mol. The summed E-state index contributed by atoms with van der Waals surface area (Å²) in [5.41, 5.74) is -0.354. The van der Waals surface area contributed by atoms with E-state index in [2.05, 4.69) is 0 Å². The first-order chi connectivity index (χ1) is 11.8. The number of rotatable bonds is 7. The standard InChI is InChI=1S/C20H23ClO4/c1-14(2)19(22)24-13-12-20(3,23)15-4-8-17(9-5-15)25-18-10-6-16(21)7-11-18/h4-11,14,23H,12-13H2,1-3H3. The van der Waals surface area contributed by atoms with Gasteiger partial charge in [-0.25, -0.2) is 0 Å². The van der Waals surface area contributed by atoms with Gasteiger partial charge in [-0.2, -0.15) is 0 Å². The third-order valence-corrected chi connectivity index (χ3v) is 4.08. The van der Waals surface area contributed by atoms with Crippen molar-refractivity contribution in [3.63, 3.8) is 0 Å². The zero-order chi connectivity index (χ0) is 18.4. The van der Waals surface area contributed by atoms with Gasteiger partial charge >= 0.3 is 5.97 Å². The predicted molar refractivity (Wildman–Crippen MR) is 98.0 cm³/mol. The van der Waals surface area contributed by atoms with Gasteiger partial charge in [-0.15, -0.1) is 0 Å². The minimum atomic E-state index is -1.09. The Bertz CT molecular complexity index is 691. The van der Waals surface area contributed by atoms with Gasteiger partial charge in [-0.3, -0.25) is 4.79 Å². The van der Waals surface area contributed by atoms with Crippen LogP contribution in [0, 0.1) is 5.92 Å². The number of aliphatic hydroxyl groups is 1. The number of esters is 1. The molecule has 5 heteroatoms. The van der Waals surface area contributed by atoms with Crippen molar-refractivity contribution in [2.75, 3.05) is 6.61 Å². The summed E-state index contributed by atoms with van der Waals surface area (Å²) in [6.45, 7) is 5.43. The Morgan fingerprint density at radius 2 is 1.60 bits per heavy atom. The number of ether oxygens (including phenoxy) is 2. The van der Waals surface area contributed by atoms with Crippen LogP contribution in [0.4, 0.5) is 0 Å². The minimum absolute atomic E-state index is 0.172. The van der Waals surface area contributed by atoms with Crippen molar-refractivity contribution in [3.8, 4) is 11.5 Å². The van der Waals surface area contributed by atoms with Crippen molar-refractivity contribution in [1.82, 2.24) is 0 Å². The van der Waals surface area contributed by atoms with E-state index in [-0.39, 0.29) is 18.5 Å². The number of halogens is 1. The summed E-state index contributed by atoms with van der Waals surface area (Å²) in [5.74, 6) is 0.911. The number of hydrogen-bond donors (Lipinski definition) is 1. The molecule has 2 rings (SSSR count). The van der Waals surface area contributed by atoms with E-state index < -0.39 is 5.60 Å². The molecule has 0 amide bonds. The molecule has 1 unspecified atom stereocenters. The number of hydrogen-bond acceptors (Lipinski definition) is 4. The zero-order valence-corrected chi connectivity index (χ0v) is 15.4. The molecule has 0 saturated heterocycles. The fourth-order valence-corrected chi connectivity index (χ4v) is 2.31. The van der Waals surface area contributed by atoms with E-state index in [1.54, 1.807) is 69.3 Å². The van der Waals surface area contributed by atoms with Crippen LogP contribution >= 0.6 is 11.6 Å². The molecule has 2 aromatic rings. The van der Waals surface area contributed by atoms with Gasteiger partial charge in [0, 0.05) is 11.4 Å². The quantitative estimate of drug-likeness (QED) is 0.709. The SMILES string of the molecule is CC(C)C(=O)OCCC(C)(O)c1ccc(Oc2ccc(Cl)cc2)cc1. The van der Waals surface area contributed by atoms with E-state index in [1.807, 2.05) is 0 Å². The summed E-state index contributed by atoms with van der Waals surface area (Å²) in [6, 6.07) is 14.3. The van der Waals surface area contributed by atoms with Gasteiger partial charge in [0.25, 0.3) is 0 Å². The van der Waals surface area contributed by atoms with E-state index in [1.165, 1.54) is 0 Å². The molecule has 134 valence electrons. The Kier molecular flexibility index (Phi) is 6.45. The minimum Gasteiger partial charge on any atom is -0.465 e. The summed E-state index contributed by atoms with van der Waals surface area (Å²) in [5, 5.41) is 11.3. The second kappa shape index (κ2) is 8.37. The van der Waals surface area contributed by atoms with Gasteiger partial charge < -0.3 is 14.6 Å². The molecule has 0 aliphatic heterocycles. The molecule has 0 spiro atoms. The Labute approximate surface area is 153 Å². The fraction of sp³-hybridized carbons (Fsp3) is 0.350. The molecule has 0 aromatic heterocycles. The Morgan fingerprint density at radius 1 is 1.08 bits per heavy atom. The largest absolute Gasteiger partial charge is 0.465 e. The second-order valence-corrected chi connectivity index (χ2v) is 6.86. The molecule has 1 N–H and O–H groups in total. The smallest absolute Gasteiger partial charge is 0.308 e. The summed E-state index contributed by atoms with van der Waals surface area (Å²) >= 11 is 5.85. The van der Waals surface area contributed by atoms with Crippen molar-refractivity contribution >= 4 is 17.6 Å². The van der Waals surface area contributed by atoms with Crippen LogP contribution in [0.25, 0.3) is 0 Å². The van der Waals surface area contributed by atoms with E-state index in [4.69, 9.17) is 21.1 Å². The normalized spacial score (nSPS) is 13.4. The van der Waals surface area contributed by atoms with Crippen molar-refractivity contribution < 1.29 is 19.4 Å². The lowest BCUT2D eigenvalue weighted by Gasteiger charge is -2.24. The van der Waals surface area contributed by atoms with Crippen molar-refractivity contribution in [2.45, 2.75) is 32.8 Å². The molecule has 25 heavy (non-hydrogen) atoms. The number of carbonyl (C=O) groups excluding carboxylic acids is 1. The summed E-state index contributed by atoms with van der Waals surface area (Å²) in [7, 11) is 0. The highest BCUT2D eigenvalue weighted by Gasteiger charge is 2.24. The van der Waals surface area contributed by atoms with Crippen LogP contribution in [0.1, 0.15) is 32.8 Å². The van der Waals surface area contributed by atoms with Gasteiger partial charge in [-0.05, 0) is 48.9 Å².